The second kappa shape index (κ2) is 6.33. The Hall–Kier alpha value is -2.12. The Bertz CT molecular complexity index is 763. The molecule has 0 spiro atoms. The van der Waals surface area contributed by atoms with Crippen molar-refractivity contribution < 1.29 is 17.6 Å². The van der Waals surface area contributed by atoms with Gasteiger partial charge in [-0.3, -0.25) is 4.79 Å². The summed E-state index contributed by atoms with van der Waals surface area (Å²) in [6, 6.07) is 9.58. The molecule has 0 saturated carbocycles. The molecule has 0 aliphatic heterocycles. The number of benzene rings is 1. The van der Waals surface area contributed by atoms with Crippen molar-refractivity contribution in [3.05, 3.63) is 47.9 Å². The molecule has 0 bridgehead atoms. The van der Waals surface area contributed by atoms with Crippen molar-refractivity contribution >= 4 is 21.6 Å². The van der Waals surface area contributed by atoms with Crippen molar-refractivity contribution in [1.29, 1.82) is 0 Å². The first kappa shape index (κ1) is 16.3. The van der Waals surface area contributed by atoms with Gasteiger partial charge >= 0.3 is 0 Å². The first-order valence-corrected chi connectivity index (χ1v) is 8.12. The van der Waals surface area contributed by atoms with Crippen LogP contribution in [0.3, 0.4) is 0 Å². The summed E-state index contributed by atoms with van der Waals surface area (Å²) in [5, 5.41) is 2.59. The van der Waals surface area contributed by atoms with Crippen molar-refractivity contribution in [2.75, 3.05) is 12.4 Å². The van der Waals surface area contributed by atoms with E-state index in [1.165, 1.54) is 30.4 Å². The molecule has 7 heteroatoms. The van der Waals surface area contributed by atoms with E-state index in [1.807, 2.05) is 0 Å². The minimum Gasteiger partial charge on any atom is -0.465 e. The number of sulfonamides is 1. The van der Waals surface area contributed by atoms with Crippen molar-refractivity contribution in [2.45, 2.75) is 25.3 Å². The molecule has 1 N–H and O–H groups in total. The molecule has 0 radical (unpaired) electrons. The summed E-state index contributed by atoms with van der Waals surface area (Å²) >= 11 is 0. The number of nitrogens with one attached hydrogen (secondary N) is 1. The largest absolute Gasteiger partial charge is 0.465 e. The van der Waals surface area contributed by atoms with Crippen LogP contribution in [0.15, 0.2) is 45.7 Å². The predicted molar refractivity (Wildman–Crippen MR) is 82.8 cm³/mol. The third-order valence-electron chi connectivity index (χ3n) is 3.06. The number of rotatable bonds is 5. The Morgan fingerprint density at radius 2 is 1.82 bits per heavy atom. The molecule has 0 unspecified atom stereocenters. The zero-order chi connectivity index (χ0) is 16.3. The van der Waals surface area contributed by atoms with E-state index >= 15 is 0 Å². The molecule has 1 heterocycles. The fraction of sp³-hybridized carbons (Fsp3) is 0.267. The molecule has 0 atom stereocenters. The monoisotopic (exact) mass is 322 g/mol. The number of aryl methyl sites for hydroxylation is 1. The number of nitrogens with zero attached hydrogens (tertiary/aromatic N) is 1. The topological polar surface area (TPSA) is 79.6 Å². The van der Waals surface area contributed by atoms with Crippen molar-refractivity contribution in [3.8, 4) is 0 Å². The maximum atomic E-state index is 12.5. The Labute approximate surface area is 129 Å². The van der Waals surface area contributed by atoms with Gasteiger partial charge in [-0.05, 0) is 43.3 Å². The minimum atomic E-state index is -3.61. The van der Waals surface area contributed by atoms with E-state index in [1.54, 1.807) is 31.2 Å². The minimum absolute atomic E-state index is 0.156. The quantitative estimate of drug-likeness (QED) is 0.916. The van der Waals surface area contributed by atoms with Crippen molar-refractivity contribution in [2.24, 2.45) is 0 Å². The molecule has 0 aliphatic rings. The van der Waals surface area contributed by atoms with E-state index in [0.717, 1.165) is 5.76 Å². The SMILES string of the molecule is CC(=O)Nc1ccc(S(=O)(=O)N(C)Cc2ccc(C)o2)cc1. The molecule has 1 amide bonds. The molecule has 1 aromatic heterocycles. The van der Waals surface area contributed by atoms with Crippen LogP contribution < -0.4 is 5.32 Å². The van der Waals surface area contributed by atoms with Gasteiger partial charge in [0.05, 0.1) is 11.4 Å². The molecule has 0 aliphatic carbocycles. The average Bonchev–Trinajstić information content (AvgIpc) is 2.84. The number of anilines is 1. The average molecular weight is 322 g/mol. The van der Waals surface area contributed by atoms with Crippen LogP contribution in [0.5, 0.6) is 0 Å². The third kappa shape index (κ3) is 3.75. The predicted octanol–water partition coefficient (Wildman–Crippen LogP) is 2.37. The van der Waals surface area contributed by atoms with Gasteiger partial charge in [-0.25, -0.2) is 8.42 Å². The van der Waals surface area contributed by atoms with Gasteiger partial charge in [0, 0.05) is 19.7 Å². The molecule has 1 aromatic carbocycles. The molecule has 22 heavy (non-hydrogen) atoms. The first-order chi connectivity index (χ1) is 10.3. The van der Waals surface area contributed by atoms with Crippen LogP contribution >= 0.6 is 0 Å². The number of carbonyl (C=O) groups excluding carboxylic acids is 1. The number of carbonyl (C=O) groups is 1. The summed E-state index contributed by atoms with van der Waals surface area (Å²) in [5.74, 6) is 1.11. The van der Waals surface area contributed by atoms with E-state index < -0.39 is 10.0 Å². The van der Waals surface area contributed by atoms with E-state index in [-0.39, 0.29) is 17.3 Å². The summed E-state index contributed by atoms with van der Waals surface area (Å²) in [7, 11) is -2.12. The number of hydrogen-bond donors (Lipinski definition) is 1. The summed E-state index contributed by atoms with van der Waals surface area (Å²) in [6.45, 7) is 3.35. The number of furan rings is 1. The maximum Gasteiger partial charge on any atom is 0.243 e. The van der Waals surface area contributed by atoms with Crippen LogP contribution in [-0.4, -0.2) is 25.7 Å². The van der Waals surface area contributed by atoms with Crippen LogP contribution in [0.2, 0.25) is 0 Å². The number of hydrogen-bond acceptors (Lipinski definition) is 4. The lowest BCUT2D eigenvalue weighted by Crippen LogP contribution is -2.26. The molecule has 2 aromatic rings. The van der Waals surface area contributed by atoms with E-state index in [9.17, 15) is 13.2 Å². The standard InChI is InChI=1S/C15H18N2O4S/c1-11-4-7-14(21-11)10-17(3)22(19,20)15-8-5-13(6-9-15)16-12(2)18/h4-9H,10H2,1-3H3,(H,16,18). The van der Waals surface area contributed by atoms with Crippen LogP contribution in [0.1, 0.15) is 18.4 Å². The summed E-state index contributed by atoms with van der Waals surface area (Å²) in [4.78, 5) is 11.1. The maximum absolute atomic E-state index is 12.5. The van der Waals surface area contributed by atoms with Gasteiger partial charge in [-0.2, -0.15) is 4.31 Å². The zero-order valence-electron chi connectivity index (χ0n) is 12.7. The normalized spacial score (nSPS) is 11.6. The summed E-state index contributed by atoms with van der Waals surface area (Å²) in [6.07, 6.45) is 0. The van der Waals surface area contributed by atoms with Gasteiger partial charge in [0.25, 0.3) is 0 Å². The van der Waals surface area contributed by atoms with Gasteiger partial charge in [-0.15, -0.1) is 0 Å². The molecular formula is C15H18N2O4S. The highest BCUT2D eigenvalue weighted by atomic mass is 32.2. The smallest absolute Gasteiger partial charge is 0.243 e. The number of amides is 1. The van der Waals surface area contributed by atoms with Gasteiger partial charge in [0.1, 0.15) is 11.5 Å². The lowest BCUT2D eigenvalue weighted by Gasteiger charge is -2.16. The summed E-state index contributed by atoms with van der Waals surface area (Å²) in [5.41, 5.74) is 0.552. The van der Waals surface area contributed by atoms with E-state index in [4.69, 9.17) is 4.42 Å². The van der Waals surface area contributed by atoms with Crippen LogP contribution in [0.4, 0.5) is 5.69 Å². The third-order valence-corrected chi connectivity index (χ3v) is 4.87. The molecule has 118 valence electrons. The van der Waals surface area contributed by atoms with Gasteiger partial charge < -0.3 is 9.73 Å². The highest BCUT2D eigenvalue weighted by Crippen LogP contribution is 2.19. The molecule has 6 nitrogen and oxygen atoms in total. The fourth-order valence-corrected chi connectivity index (χ4v) is 3.11. The van der Waals surface area contributed by atoms with Crippen LogP contribution in [0, 0.1) is 6.92 Å². The second-order valence-electron chi connectivity index (χ2n) is 4.98. The molecule has 2 rings (SSSR count). The second-order valence-corrected chi connectivity index (χ2v) is 7.02. The van der Waals surface area contributed by atoms with Gasteiger partial charge in [-0.1, -0.05) is 0 Å². The first-order valence-electron chi connectivity index (χ1n) is 6.68. The van der Waals surface area contributed by atoms with Gasteiger partial charge in [0.2, 0.25) is 15.9 Å². The Kier molecular flexibility index (Phi) is 4.68. The fourth-order valence-electron chi connectivity index (χ4n) is 1.97. The Morgan fingerprint density at radius 3 is 2.32 bits per heavy atom. The van der Waals surface area contributed by atoms with Crippen molar-refractivity contribution in [1.82, 2.24) is 4.31 Å². The lowest BCUT2D eigenvalue weighted by molar-refractivity contribution is -0.114. The highest BCUT2D eigenvalue weighted by molar-refractivity contribution is 7.89. The van der Waals surface area contributed by atoms with Crippen LogP contribution in [0.25, 0.3) is 0 Å². The van der Waals surface area contributed by atoms with Crippen molar-refractivity contribution in [3.63, 3.8) is 0 Å². The Balaban J connectivity index is 2.16. The van der Waals surface area contributed by atoms with E-state index in [2.05, 4.69) is 5.32 Å². The summed E-state index contributed by atoms with van der Waals surface area (Å²) < 4.78 is 31.6. The molecular weight excluding hydrogens is 304 g/mol. The molecule has 0 saturated heterocycles. The highest BCUT2D eigenvalue weighted by Gasteiger charge is 2.21. The van der Waals surface area contributed by atoms with Gasteiger partial charge in [0.15, 0.2) is 0 Å². The molecule has 0 fully saturated rings. The Morgan fingerprint density at radius 1 is 1.18 bits per heavy atom. The van der Waals surface area contributed by atoms with E-state index in [0.29, 0.717) is 11.4 Å². The lowest BCUT2D eigenvalue weighted by atomic mass is 10.3. The van der Waals surface area contributed by atoms with Crippen LogP contribution in [-0.2, 0) is 21.4 Å². The zero-order valence-corrected chi connectivity index (χ0v) is 13.5.